The van der Waals surface area contributed by atoms with Crippen LogP contribution < -0.4 is 4.90 Å². The predicted molar refractivity (Wildman–Crippen MR) is 127 cm³/mol. The molecule has 34 heavy (non-hydrogen) atoms. The van der Waals surface area contributed by atoms with Crippen LogP contribution in [0.1, 0.15) is 42.2 Å². The van der Waals surface area contributed by atoms with E-state index in [2.05, 4.69) is 0 Å². The largest absolute Gasteiger partial charge is 0.452 e. The molecule has 0 N–H and O–H groups in total. The quantitative estimate of drug-likeness (QED) is 0.392. The number of anilines is 1. The number of halogens is 1. The Labute approximate surface area is 201 Å². The lowest BCUT2D eigenvalue weighted by Crippen LogP contribution is -2.30. The average Bonchev–Trinajstić information content (AvgIpc) is 3.08. The van der Waals surface area contributed by atoms with Crippen molar-refractivity contribution in [1.82, 2.24) is 4.90 Å². The van der Waals surface area contributed by atoms with E-state index in [0.717, 1.165) is 16.0 Å². The first-order valence-corrected chi connectivity index (χ1v) is 10.9. The normalized spacial score (nSPS) is 12.5. The van der Waals surface area contributed by atoms with Crippen molar-refractivity contribution in [1.29, 1.82) is 0 Å². The number of carbonyl (C=O) groups excluding carboxylic acids is 4. The SMILES string of the molecule is Cc1ccc(CN(C)C(=O)COC(=O)c2ccc3c(c2)C(=O)N(c2ccccc2Cl)C3=O)cc1. The number of para-hydroxylation sites is 1. The third kappa shape index (κ3) is 4.56. The molecular formula is C26H21ClN2O5. The van der Waals surface area contributed by atoms with E-state index in [1.807, 2.05) is 31.2 Å². The fourth-order valence-corrected chi connectivity index (χ4v) is 3.82. The average molecular weight is 477 g/mol. The van der Waals surface area contributed by atoms with Crippen LogP contribution >= 0.6 is 11.6 Å². The first-order chi connectivity index (χ1) is 16.3. The molecule has 172 valence electrons. The number of ether oxygens (including phenoxy) is 1. The van der Waals surface area contributed by atoms with E-state index in [1.54, 1.807) is 31.3 Å². The van der Waals surface area contributed by atoms with Gasteiger partial charge in [0.1, 0.15) is 0 Å². The number of hydrogen-bond acceptors (Lipinski definition) is 5. The zero-order valence-corrected chi connectivity index (χ0v) is 19.3. The molecule has 1 aliphatic heterocycles. The molecule has 0 spiro atoms. The topological polar surface area (TPSA) is 84.0 Å². The Balaban J connectivity index is 1.42. The number of carbonyl (C=O) groups is 4. The third-order valence-electron chi connectivity index (χ3n) is 5.51. The molecule has 3 amide bonds. The number of imide groups is 1. The Hall–Kier alpha value is -3.97. The minimum atomic E-state index is -0.767. The highest BCUT2D eigenvalue weighted by Gasteiger charge is 2.38. The molecule has 3 aromatic carbocycles. The highest BCUT2D eigenvalue weighted by molar-refractivity contribution is 6.39. The molecule has 0 fully saturated rings. The Bertz CT molecular complexity index is 1300. The maximum absolute atomic E-state index is 12.9. The molecule has 0 saturated carbocycles. The molecule has 8 heteroatoms. The first-order valence-electron chi connectivity index (χ1n) is 10.5. The lowest BCUT2D eigenvalue weighted by molar-refractivity contribution is -0.133. The van der Waals surface area contributed by atoms with Crippen LogP contribution in [0.2, 0.25) is 5.02 Å². The summed E-state index contributed by atoms with van der Waals surface area (Å²) in [6.45, 7) is 1.91. The summed E-state index contributed by atoms with van der Waals surface area (Å²) in [6, 6.07) is 18.4. The van der Waals surface area contributed by atoms with E-state index in [9.17, 15) is 19.2 Å². The van der Waals surface area contributed by atoms with Gasteiger partial charge in [0, 0.05) is 13.6 Å². The maximum Gasteiger partial charge on any atom is 0.338 e. The Morgan fingerprint density at radius 2 is 1.62 bits per heavy atom. The molecule has 1 heterocycles. The third-order valence-corrected chi connectivity index (χ3v) is 5.83. The standard InChI is InChI=1S/C26H21ClN2O5/c1-16-7-9-17(10-8-16)14-28(2)23(30)15-34-26(33)18-11-12-19-20(13-18)25(32)29(24(19)31)22-6-4-3-5-21(22)27/h3-13H,14-15H2,1-2H3. The molecule has 0 radical (unpaired) electrons. The number of nitrogens with zero attached hydrogens (tertiary/aromatic N) is 2. The van der Waals surface area contributed by atoms with E-state index in [0.29, 0.717) is 6.54 Å². The molecule has 4 rings (SSSR count). The van der Waals surface area contributed by atoms with E-state index in [4.69, 9.17) is 16.3 Å². The van der Waals surface area contributed by atoms with E-state index < -0.39 is 24.4 Å². The fourth-order valence-electron chi connectivity index (χ4n) is 3.60. The summed E-state index contributed by atoms with van der Waals surface area (Å²) < 4.78 is 5.16. The van der Waals surface area contributed by atoms with Crippen LogP contribution in [0.5, 0.6) is 0 Å². The summed E-state index contributed by atoms with van der Waals surface area (Å²) in [4.78, 5) is 53.1. The summed E-state index contributed by atoms with van der Waals surface area (Å²) in [5.41, 5.74) is 2.64. The van der Waals surface area contributed by atoms with Crippen molar-refractivity contribution >= 4 is 41.0 Å². The lowest BCUT2D eigenvalue weighted by atomic mass is 10.1. The molecule has 0 aliphatic carbocycles. The predicted octanol–water partition coefficient (Wildman–Crippen LogP) is 4.26. The van der Waals surface area contributed by atoms with Gasteiger partial charge in [0.05, 0.1) is 27.4 Å². The summed E-state index contributed by atoms with van der Waals surface area (Å²) >= 11 is 6.16. The molecule has 1 aliphatic rings. The zero-order chi connectivity index (χ0) is 24.4. The number of hydrogen-bond donors (Lipinski definition) is 0. The molecule has 7 nitrogen and oxygen atoms in total. The minimum Gasteiger partial charge on any atom is -0.452 e. The van der Waals surface area contributed by atoms with E-state index in [-0.39, 0.29) is 33.3 Å². The smallest absolute Gasteiger partial charge is 0.338 e. The Morgan fingerprint density at radius 1 is 0.941 bits per heavy atom. The molecule has 0 aromatic heterocycles. The highest BCUT2D eigenvalue weighted by atomic mass is 35.5. The molecule has 3 aromatic rings. The number of aryl methyl sites for hydroxylation is 1. The van der Waals surface area contributed by atoms with Crippen molar-refractivity contribution in [3.8, 4) is 0 Å². The molecule has 0 unspecified atom stereocenters. The van der Waals surface area contributed by atoms with Crippen molar-refractivity contribution in [3.63, 3.8) is 0 Å². The fraction of sp³-hybridized carbons (Fsp3) is 0.154. The summed E-state index contributed by atoms with van der Waals surface area (Å²) in [6.07, 6.45) is 0. The van der Waals surface area contributed by atoms with Crippen LogP contribution in [0.25, 0.3) is 0 Å². The van der Waals surface area contributed by atoms with Gasteiger partial charge in [0.25, 0.3) is 17.7 Å². The molecule has 0 saturated heterocycles. The van der Waals surface area contributed by atoms with Crippen LogP contribution in [-0.2, 0) is 16.1 Å². The van der Waals surface area contributed by atoms with Gasteiger partial charge < -0.3 is 9.64 Å². The van der Waals surface area contributed by atoms with Crippen LogP contribution in [0.4, 0.5) is 5.69 Å². The van der Waals surface area contributed by atoms with Crippen LogP contribution in [0.15, 0.2) is 66.7 Å². The van der Waals surface area contributed by atoms with Crippen molar-refractivity contribution in [2.24, 2.45) is 0 Å². The van der Waals surface area contributed by atoms with Gasteiger partial charge in [-0.05, 0) is 42.8 Å². The van der Waals surface area contributed by atoms with Gasteiger partial charge in [-0.25, -0.2) is 9.69 Å². The van der Waals surface area contributed by atoms with Gasteiger partial charge in [0.15, 0.2) is 6.61 Å². The van der Waals surface area contributed by atoms with Gasteiger partial charge in [-0.2, -0.15) is 0 Å². The van der Waals surface area contributed by atoms with Crippen LogP contribution in [-0.4, -0.2) is 42.2 Å². The second-order valence-electron chi connectivity index (χ2n) is 7.97. The Morgan fingerprint density at radius 3 is 2.32 bits per heavy atom. The lowest BCUT2D eigenvalue weighted by Gasteiger charge is -2.17. The second-order valence-corrected chi connectivity index (χ2v) is 8.38. The summed E-state index contributed by atoms with van der Waals surface area (Å²) in [5, 5.41) is 0.255. The van der Waals surface area contributed by atoms with Gasteiger partial charge in [-0.3, -0.25) is 14.4 Å². The number of benzene rings is 3. The number of rotatable bonds is 6. The monoisotopic (exact) mass is 476 g/mol. The van der Waals surface area contributed by atoms with Crippen LogP contribution in [0.3, 0.4) is 0 Å². The Kier molecular flexibility index (Phi) is 6.47. The van der Waals surface area contributed by atoms with Crippen LogP contribution in [0, 0.1) is 6.92 Å². The van der Waals surface area contributed by atoms with Crippen molar-refractivity contribution < 1.29 is 23.9 Å². The summed E-state index contributed by atoms with van der Waals surface area (Å²) in [5.74, 6) is -2.25. The van der Waals surface area contributed by atoms with Crippen molar-refractivity contribution in [2.45, 2.75) is 13.5 Å². The van der Waals surface area contributed by atoms with Crippen molar-refractivity contribution in [3.05, 3.63) is 99.6 Å². The van der Waals surface area contributed by atoms with E-state index >= 15 is 0 Å². The second kappa shape index (κ2) is 9.49. The summed E-state index contributed by atoms with van der Waals surface area (Å²) in [7, 11) is 1.62. The van der Waals surface area contributed by atoms with E-state index in [1.165, 1.54) is 23.1 Å². The molecular weight excluding hydrogens is 456 g/mol. The van der Waals surface area contributed by atoms with Gasteiger partial charge >= 0.3 is 5.97 Å². The number of amides is 3. The van der Waals surface area contributed by atoms with Crippen molar-refractivity contribution in [2.75, 3.05) is 18.6 Å². The maximum atomic E-state index is 12.9. The molecule has 0 atom stereocenters. The highest BCUT2D eigenvalue weighted by Crippen LogP contribution is 2.33. The number of esters is 1. The van der Waals surface area contributed by atoms with Gasteiger partial charge in [-0.15, -0.1) is 0 Å². The number of fused-ring (bicyclic) bond motifs is 1. The molecule has 0 bridgehead atoms. The van der Waals surface area contributed by atoms with Gasteiger partial charge in [0.2, 0.25) is 0 Å². The first kappa shape index (κ1) is 23.2. The van der Waals surface area contributed by atoms with Gasteiger partial charge in [-0.1, -0.05) is 53.6 Å². The zero-order valence-electron chi connectivity index (χ0n) is 18.6. The minimum absolute atomic E-state index is 0.0647. The number of likely N-dealkylation sites (N-methyl/N-ethyl adjacent to an activating group) is 1.